The number of Topliss-reactive ketones (excluding diaryl/α,β-unsaturated/α-hetero) is 2. The van der Waals surface area contributed by atoms with Crippen LogP contribution in [0.4, 0.5) is 0 Å². The molecule has 5 atom stereocenters. The first-order valence-electron chi connectivity index (χ1n) is 8.39. The van der Waals surface area contributed by atoms with E-state index in [2.05, 4.69) is 32.1 Å². The maximum atomic E-state index is 12.8. The van der Waals surface area contributed by atoms with Gasteiger partial charge < -0.3 is 0 Å². The molecule has 0 heterocycles. The van der Waals surface area contributed by atoms with Crippen LogP contribution >= 0.6 is 0 Å². The summed E-state index contributed by atoms with van der Waals surface area (Å²) in [5, 5.41) is 0. The number of carbonyl (C=O) groups excluding carboxylic acids is 2. The van der Waals surface area contributed by atoms with E-state index >= 15 is 0 Å². The van der Waals surface area contributed by atoms with Crippen molar-refractivity contribution in [3.05, 3.63) is 23.8 Å². The molecule has 4 aliphatic carbocycles. The minimum atomic E-state index is -0.209. The van der Waals surface area contributed by atoms with E-state index in [1.807, 2.05) is 0 Å². The summed E-state index contributed by atoms with van der Waals surface area (Å²) in [5.74, 6) is 1.70. The lowest BCUT2D eigenvalue weighted by Gasteiger charge is -2.55. The highest BCUT2D eigenvalue weighted by Gasteiger charge is 2.60. The van der Waals surface area contributed by atoms with Crippen LogP contribution in [-0.2, 0) is 9.59 Å². The molecule has 0 aromatic rings. The van der Waals surface area contributed by atoms with Crippen molar-refractivity contribution in [1.29, 1.82) is 0 Å². The Morgan fingerprint density at radius 3 is 2.67 bits per heavy atom. The Morgan fingerprint density at radius 2 is 1.86 bits per heavy atom. The van der Waals surface area contributed by atoms with Crippen LogP contribution in [0.15, 0.2) is 23.8 Å². The van der Waals surface area contributed by atoms with E-state index in [0.717, 1.165) is 25.7 Å². The van der Waals surface area contributed by atoms with Crippen LogP contribution in [0.25, 0.3) is 0 Å². The smallest absolute Gasteiger partial charge is 0.140 e. The molecule has 0 bridgehead atoms. The average Bonchev–Trinajstić information content (AvgIpc) is 2.76. The standard InChI is InChI=1S/C19H24O2/c1-18-9-4-3-5-12(18)11-15(20)17-13-6-7-16(21)19(13,2)10-8-14(17)18/h3-5,13-14,17H,6-11H2,1-2H3/t13-,14-,17-,18-,19-/m0/s1. The maximum Gasteiger partial charge on any atom is 0.140 e. The molecule has 21 heavy (non-hydrogen) atoms. The van der Waals surface area contributed by atoms with Gasteiger partial charge in [-0.3, -0.25) is 9.59 Å². The quantitative estimate of drug-likeness (QED) is 0.677. The zero-order chi connectivity index (χ0) is 14.8. The van der Waals surface area contributed by atoms with Crippen LogP contribution in [0, 0.1) is 28.6 Å². The molecule has 112 valence electrons. The molecule has 2 heteroatoms. The first-order valence-corrected chi connectivity index (χ1v) is 8.39. The lowest BCUT2D eigenvalue weighted by Crippen LogP contribution is -2.53. The topological polar surface area (TPSA) is 34.1 Å². The van der Waals surface area contributed by atoms with Crippen LogP contribution < -0.4 is 0 Å². The molecule has 2 nitrogen and oxygen atoms in total. The highest BCUT2D eigenvalue weighted by molar-refractivity contribution is 5.91. The van der Waals surface area contributed by atoms with Gasteiger partial charge in [-0.15, -0.1) is 0 Å². The maximum absolute atomic E-state index is 12.8. The second-order valence-corrected chi connectivity index (χ2v) is 8.04. The molecular formula is C19H24O2. The van der Waals surface area contributed by atoms with E-state index in [-0.39, 0.29) is 16.7 Å². The molecule has 0 N–H and O–H groups in total. The first kappa shape index (κ1) is 13.5. The fraction of sp³-hybridized carbons (Fsp3) is 0.684. The van der Waals surface area contributed by atoms with Gasteiger partial charge in [0.15, 0.2) is 0 Å². The Morgan fingerprint density at radius 1 is 1.10 bits per heavy atom. The van der Waals surface area contributed by atoms with Crippen LogP contribution in [0.1, 0.15) is 52.4 Å². The van der Waals surface area contributed by atoms with Gasteiger partial charge in [0.1, 0.15) is 11.6 Å². The van der Waals surface area contributed by atoms with Crippen LogP contribution in [-0.4, -0.2) is 11.6 Å². The number of hydrogen-bond acceptors (Lipinski definition) is 2. The molecule has 0 aliphatic heterocycles. The van der Waals surface area contributed by atoms with E-state index in [1.54, 1.807) is 0 Å². The predicted octanol–water partition coefficient (Wildman–Crippen LogP) is 3.86. The summed E-state index contributed by atoms with van der Waals surface area (Å²) >= 11 is 0. The fourth-order valence-electron chi connectivity index (χ4n) is 5.85. The van der Waals surface area contributed by atoms with Crippen molar-refractivity contribution in [2.45, 2.75) is 52.4 Å². The summed E-state index contributed by atoms with van der Waals surface area (Å²) in [7, 11) is 0. The number of rotatable bonds is 0. The summed E-state index contributed by atoms with van der Waals surface area (Å²) < 4.78 is 0. The molecule has 0 unspecified atom stereocenters. The third-order valence-corrected chi connectivity index (χ3v) is 7.24. The molecular weight excluding hydrogens is 260 g/mol. The molecule has 3 saturated carbocycles. The van der Waals surface area contributed by atoms with E-state index in [9.17, 15) is 9.59 Å². The molecule has 3 fully saturated rings. The van der Waals surface area contributed by atoms with Gasteiger partial charge in [0, 0.05) is 24.2 Å². The Balaban J connectivity index is 1.77. The van der Waals surface area contributed by atoms with Gasteiger partial charge in [0.2, 0.25) is 0 Å². The van der Waals surface area contributed by atoms with Gasteiger partial charge in [-0.05, 0) is 42.9 Å². The molecule has 4 aliphatic rings. The molecule has 0 aromatic heterocycles. The van der Waals surface area contributed by atoms with Crippen LogP contribution in [0.3, 0.4) is 0 Å². The van der Waals surface area contributed by atoms with Crippen LogP contribution in [0.2, 0.25) is 0 Å². The minimum Gasteiger partial charge on any atom is -0.299 e. The normalized spacial score (nSPS) is 48.5. The monoisotopic (exact) mass is 284 g/mol. The Bertz CT molecular complexity index is 584. The lowest BCUT2D eigenvalue weighted by atomic mass is 9.47. The van der Waals surface area contributed by atoms with Gasteiger partial charge in [0.25, 0.3) is 0 Å². The summed E-state index contributed by atoms with van der Waals surface area (Å²) in [4.78, 5) is 25.2. The van der Waals surface area contributed by atoms with Crippen molar-refractivity contribution in [3.63, 3.8) is 0 Å². The summed E-state index contributed by atoms with van der Waals surface area (Å²) in [5.41, 5.74) is 1.28. The molecule has 0 amide bonds. The second-order valence-electron chi connectivity index (χ2n) is 8.04. The third kappa shape index (κ3) is 1.59. The van der Waals surface area contributed by atoms with Crippen molar-refractivity contribution in [3.8, 4) is 0 Å². The predicted molar refractivity (Wildman–Crippen MR) is 81.6 cm³/mol. The number of hydrogen-bond donors (Lipinski definition) is 0. The van der Waals surface area contributed by atoms with E-state index in [0.29, 0.717) is 36.2 Å². The Kier molecular flexibility index (Phi) is 2.68. The minimum absolute atomic E-state index is 0.129. The lowest BCUT2D eigenvalue weighted by molar-refractivity contribution is -0.142. The zero-order valence-corrected chi connectivity index (χ0v) is 13.0. The highest BCUT2D eigenvalue weighted by Crippen LogP contribution is 2.63. The Hall–Kier alpha value is -1.18. The van der Waals surface area contributed by atoms with E-state index in [1.165, 1.54) is 5.57 Å². The number of allylic oxidation sites excluding steroid dienone is 4. The summed E-state index contributed by atoms with van der Waals surface area (Å²) in [6.45, 7) is 4.48. The van der Waals surface area contributed by atoms with Crippen molar-refractivity contribution >= 4 is 11.6 Å². The highest BCUT2D eigenvalue weighted by atomic mass is 16.1. The number of carbonyl (C=O) groups is 2. The first-order chi connectivity index (χ1) is 9.97. The molecule has 0 radical (unpaired) electrons. The molecule has 0 saturated heterocycles. The van der Waals surface area contributed by atoms with Gasteiger partial charge in [-0.2, -0.15) is 0 Å². The number of fused-ring (bicyclic) bond motifs is 5. The molecule has 4 rings (SSSR count). The van der Waals surface area contributed by atoms with Crippen LogP contribution in [0.5, 0.6) is 0 Å². The SMILES string of the molecule is C[C@]12CC=CC=C1CC(=O)[C@@H]1[C@@H]2CC[C@]2(C)C(=O)CC[C@@H]12. The van der Waals surface area contributed by atoms with Gasteiger partial charge in [-0.25, -0.2) is 0 Å². The van der Waals surface area contributed by atoms with Crippen molar-refractivity contribution in [2.24, 2.45) is 28.6 Å². The molecule has 0 spiro atoms. The second kappa shape index (κ2) is 4.18. The van der Waals surface area contributed by atoms with Gasteiger partial charge in [0.05, 0.1) is 0 Å². The largest absolute Gasteiger partial charge is 0.299 e. The average molecular weight is 284 g/mol. The summed E-state index contributed by atoms with van der Waals surface area (Å²) in [6.07, 6.45) is 11.9. The van der Waals surface area contributed by atoms with Gasteiger partial charge in [-0.1, -0.05) is 37.6 Å². The van der Waals surface area contributed by atoms with Crippen molar-refractivity contribution in [2.75, 3.05) is 0 Å². The fourth-order valence-corrected chi connectivity index (χ4v) is 5.85. The van der Waals surface area contributed by atoms with E-state index < -0.39 is 0 Å². The third-order valence-electron chi connectivity index (χ3n) is 7.24. The van der Waals surface area contributed by atoms with Crippen molar-refractivity contribution < 1.29 is 9.59 Å². The Labute approximate surface area is 126 Å². The van der Waals surface area contributed by atoms with Gasteiger partial charge >= 0.3 is 0 Å². The zero-order valence-electron chi connectivity index (χ0n) is 13.0. The summed E-state index contributed by atoms with van der Waals surface area (Å²) in [6, 6.07) is 0. The molecule has 0 aromatic carbocycles. The van der Waals surface area contributed by atoms with Crippen molar-refractivity contribution in [1.82, 2.24) is 0 Å². The number of ketones is 2. The van der Waals surface area contributed by atoms with E-state index in [4.69, 9.17) is 0 Å².